The molecule has 0 aromatic heterocycles. The second kappa shape index (κ2) is 11.8. The van der Waals surface area contributed by atoms with Crippen molar-refractivity contribution < 1.29 is 31.9 Å². The first kappa shape index (κ1) is 26.7. The summed E-state index contributed by atoms with van der Waals surface area (Å²) >= 11 is 1.05. The lowest BCUT2D eigenvalue weighted by Crippen LogP contribution is -2.21. The molecule has 0 bridgehead atoms. The van der Waals surface area contributed by atoms with E-state index in [-0.39, 0.29) is 12.0 Å². The summed E-state index contributed by atoms with van der Waals surface area (Å²) in [6.07, 6.45) is 0. The number of ether oxygens (including phenoxy) is 1. The molecule has 38 heavy (non-hydrogen) atoms. The topological polar surface area (TPSA) is 67.4 Å². The van der Waals surface area contributed by atoms with Crippen LogP contribution < -0.4 is 15.4 Å². The Labute approximate surface area is 219 Å². The van der Waals surface area contributed by atoms with E-state index in [4.69, 9.17) is 4.74 Å². The average molecular weight is 541 g/mol. The van der Waals surface area contributed by atoms with Crippen LogP contribution in [0.25, 0.3) is 0 Å². The standard InChI is InChI=1S/C28H20F4N2O3S/c1-37-19-11-7-17(8-12-19)27(35)33-18-9-13-20(14-10-18)38-26(16-5-3-2-4-6-16)28(36)34-25-23(31)21(29)15-22(30)24(25)32/h2-15,26H,1H3,(H,33,35)(H,34,36). The molecule has 4 aromatic rings. The molecule has 0 heterocycles. The third kappa shape index (κ3) is 6.15. The summed E-state index contributed by atoms with van der Waals surface area (Å²) in [5, 5.41) is 3.72. The molecule has 4 aromatic carbocycles. The number of thioether (sulfide) groups is 1. The van der Waals surface area contributed by atoms with Gasteiger partial charge in [-0.3, -0.25) is 9.59 Å². The smallest absolute Gasteiger partial charge is 0.255 e. The van der Waals surface area contributed by atoms with E-state index in [1.54, 1.807) is 78.9 Å². The van der Waals surface area contributed by atoms with E-state index in [2.05, 4.69) is 5.32 Å². The largest absolute Gasteiger partial charge is 0.497 e. The lowest BCUT2D eigenvalue weighted by molar-refractivity contribution is -0.115. The summed E-state index contributed by atoms with van der Waals surface area (Å²) in [7, 11) is 1.53. The number of carbonyl (C=O) groups is 2. The van der Waals surface area contributed by atoms with Crippen molar-refractivity contribution in [3.05, 3.63) is 119 Å². The number of carbonyl (C=O) groups excluding carboxylic acids is 2. The molecule has 4 rings (SSSR count). The van der Waals surface area contributed by atoms with Crippen molar-refractivity contribution in [1.29, 1.82) is 0 Å². The Hall–Kier alpha value is -4.31. The van der Waals surface area contributed by atoms with Crippen LogP contribution in [0, 0.1) is 23.3 Å². The molecule has 0 saturated heterocycles. The van der Waals surface area contributed by atoms with Crippen LogP contribution in [-0.2, 0) is 4.79 Å². The van der Waals surface area contributed by atoms with Crippen molar-refractivity contribution in [3.63, 3.8) is 0 Å². The number of rotatable bonds is 8. The Morgan fingerprint density at radius 1 is 0.789 bits per heavy atom. The van der Waals surface area contributed by atoms with Gasteiger partial charge >= 0.3 is 0 Å². The molecule has 0 aliphatic rings. The number of halogens is 4. The van der Waals surface area contributed by atoms with Crippen molar-refractivity contribution in [2.75, 3.05) is 17.7 Å². The second-order valence-corrected chi connectivity index (χ2v) is 9.13. The number of methoxy groups -OCH3 is 1. The number of hydrogen-bond acceptors (Lipinski definition) is 4. The van der Waals surface area contributed by atoms with Crippen LogP contribution in [0.3, 0.4) is 0 Å². The normalized spacial score (nSPS) is 11.5. The molecule has 5 nitrogen and oxygen atoms in total. The Kier molecular flexibility index (Phi) is 8.32. The van der Waals surface area contributed by atoms with Crippen LogP contribution in [0.2, 0.25) is 0 Å². The van der Waals surface area contributed by atoms with Gasteiger partial charge in [0.1, 0.15) is 16.7 Å². The Morgan fingerprint density at radius 2 is 1.39 bits per heavy atom. The summed E-state index contributed by atoms with van der Waals surface area (Å²) in [4.78, 5) is 26.2. The van der Waals surface area contributed by atoms with Crippen molar-refractivity contribution in [2.45, 2.75) is 10.1 Å². The monoisotopic (exact) mass is 540 g/mol. The minimum atomic E-state index is -1.70. The van der Waals surface area contributed by atoms with Gasteiger partial charge in [0.2, 0.25) is 5.91 Å². The van der Waals surface area contributed by atoms with Gasteiger partial charge in [-0.25, -0.2) is 17.6 Å². The Morgan fingerprint density at radius 3 is 1.97 bits per heavy atom. The zero-order valence-electron chi connectivity index (χ0n) is 19.8. The van der Waals surface area contributed by atoms with Gasteiger partial charge in [0.05, 0.1) is 7.11 Å². The molecule has 194 valence electrons. The van der Waals surface area contributed by atoms with Gasteiger partial charge in [0, 0.05) is 22.2 Å². The van der Waals surface area contributed by atoms with Crippen molar-refractivity contribution in [3.8, 4) is 5.75 Å². The molecule has 1 unspecified atom stereocenters. The highest BCUT2D eigenvalue weighted by Gasteiger charge is 2.27. The first-order valence-corrected chi connectivity index (χ1v) is 12.1. The summed E-state index contributed by atoms with van der Waals surface area (Å²) in [6.45, 7) is 0. The van der Waals surface area contributed by atoms with Gasteiger partial charge in [-0.2, -0.15) is 0 Å². The number of amides is 2. The molecular weight excluding hydrogens is 520 g/mol. The fourth-order valence-corrected chi connectivity index (χ4v) is 4.50. The molecule has 0 aliphatic carbocycles. The third-order valence-electron chi connectivity index (χ3n) is 5.42. The molecule has 1 atom stereocenters. The van der Waals surface area contributed by atoms with E-state index in [1.807, 2.05) is 5.32 Å². The van der Waals surface area contributed by atoms with Crippen LogP contribution in [-0.4, -0.2) is 18.9 Å². The average Bonchev–Trinajstić information content (AvgIpc) is 2.94. The summed E-state index contributed by atoms with van der Waals surface area (Å²) in [5.41, 5.74) is 0.212. The van der Waals surface area contributed by atoms with Crippen LogP contribution in [0.1, 0.15) is 21.2 Å². The van der Waals surface area contributed by atoms with Gasteiger partial charge in [0.25, 0.3) is 5.91 Å². The Balaban J connectivity index is 1.52. The summed E-state index contributed by atoms with van der Waals surface area (Å²) < 4.78 is 60.7. The molecule has 0 spiro atoms. The molecule has 2 N–H and O–H groups in total. The molecule has 0 radical (unpaired) electrons. The molecule has 2 amide bonds. The SMILES string of the molecule is COc1ccc(C(=O)Nc2ccc(SC(C(=O)Nc3c(F)c(F)cc(F)c3F)c3ccccc3)cc2)cc1. The van der Waals surface area contributed by atoms with Gasteiger partial charge in [-0.05, 0) is 54.1 Å². The van der Waals surface area contributed by atoms with E-state index < -0.39 is 40.1 Å². The zero-order chi connectivity index (χ0) is 27.2. The molecule has 10 heteroatoms. The van der Waals surface area contributed by atoms with Gasteiger partial charge in [-0.15, -0.1) is 11.8 Å². The van der Waals surface area contributed by atoms with Crippen LogP contribution in [0.15, 0.2) is 89.8 Å². The lowest BCUT2D eigenvalue weighted by atomic mass is 10.1. The maximum Gasteiger partial charge on any atom is 0.255 e. The predicted molar refractivity (Wildman–Crippen MR) is 137 cm³/mol. The first-order chi connectivity index (χ1) is 18.3. The highest BCUT2D eigenvalue weighted by atomic mass is 32.2. The van der Waals surface area contributed by atoms with E-state index in [9.17, 15) is 27.2 Å². The summed E-state index contributed by atoms with van der Waals surface area (Å²) in [6, 6.07) is 21.6. The summed E-state index contributed by atoms with van der Waals surface area (Å²) in [5.74, 6) is -7.27. The minimum Gasteiger partial charge on any atom is -0.497 e. The molecular formula is C28H20F4N2O3S. The molecule has 0 saturated carbocycles. The fourth-order valence-electron chi connectivity index (χ4n) is 3.47. The highest BCUT2D eigenvalue weighted by molar-refractivity contribution is 8.00. The van der Waals surface area contributed by atoms with Gasteiger partial charge < -0.3 is 15.4 Å². The number of hydrogen-bond donors (Lipinski definition) is 2. The highest BCUT2D eigenvalue weighted by Crippen LogP contribution is 2.37. The van der Waals surface area contributed by atoms with Crippen LogP contribution >= 0.6 is 11.8 Å². The van der Waals surface area contributed by atoms with E-state index in [0.29, 0.717) is 27.5 Å². The molecule has 0 aliphatic heterocycles. The zero-order valence-corrected chi connectivity index (χ0v) is 20.6. The fraction of sp³-hybridized carbons (Fsp3) is 0.0714. The van der Waals surface area contributed by atoms with E-state index in [0.717, 1.165) is 11.8 Å². The minimum absolute atomic E-state index is 0.0682. The van der Waals surface area contributed by atoms with Crippen LogP contribution in [0.5, 0.6) is 5.75 Å². The maximum atomic E-state index is 14.2. The van der Waals surface area contributed by atoms with Crippen molar-refractivity contribution in [2.24, 2.45) is 0 Å². The number of nitrogens with one attached hydrogen (secondary N) is 2. The predicted octanol–water partition coefficient (Wildman–Crippen LogP) is 6.98. The van der Waals surface area contributed by atoms with Gasteiger partial charge in [-0.1, -0.05) is 30.3 Å². The number of benzene rings is 4. The van der Waals surface area contributed by atoms with Crippen molar-refractivity contribution >= 4 is 35.0 Å². The lowest BCUT2D eigenvalue weighted by Gasteiger charge is -2.18. The molecule has 0 fully saturated rings. The first-order valence-electron chi connectivity index (χ1n) is 11.2. The quantitative estimate of drug-likeness (QED) is 0.144. The van der Waals surface area contributed by atoms with Crippen LogP contribution in [0.4, 0.5) is 28.9 Å². The van der Waals surface area contributed by atoms with Crippen molar-refractivity contribution in [1.82, 2.24) is 0 Å². The van der Waals surface area contributed by atoms with Gasteiger partial charge in [0.15, 0.2) is 23.3 Å². The number of anilines is 2. The van der Waals surface area contributed by atoms with E-state index >= 15 is 0 Å². The maximum absolute atomic E-state index is 14.2. The third-order valence-corrected chi connectivity index (χ3v) is 6.69. The second-order valence-electron chi connectivity index (χ2n) is 7.95. The Bertz CT molecular complexity index is 1420. The van der Waals surface area contributed by atoms with E-state index in [1.165, 1.54) is 7.11 Å².